The monoisotopic (exact) mass is 551 g/mol. The van der Waals surface area contributed by atoms with Gasteiger partial charge in [-0.3, -0.25) is 14.7 Å². The first-order valence-corrected chi connectivity index (χ1v) is 14.4. The van der Waals surface area contributed by atoms with Crippen molar-refractivity contribution in [1.29, 1.82) is 0 Å². The molecule has 1 atom stereocenters. The minimum atomic E-state index is -0.0806. The molecule has 6 rings (SSSR count). The molecule has 0 bridgehead atoms. The molecule has 0 fully saturated rings. The molecule has 0 aliphatic carbocycles. The van der Waals surface area contributed by atoms with E-state index in [1.54, 1.807) is 6.92 Å². The lowest BCUT2D eigenvalue weighted by atomic mass is 9.92. The summed E-state index contributed by atoms with van der Waals surface area (Å²) < 4.78 is 6.29. The Bertz CT molecular complexity index is 1740. The summed E-state index contributed by atoms with van der Waals surface area (Å²) in [5.74, 6) is 8.39. The van der Waals surface area contributed by atoms with Crippen LogP contribution in [-0.2, 0) is 24.4 Å². The standard InChI is InChI=1S/C32H37N7O2/c1-5-19(3)38(4)17-30-35-26-10-8-20-14-25-23-9-7-21(13-22(23)18-41-28(25)15-24(20)32(26)37-30)27-16-34-29(36-27)11-12-39(33)31(40)6-2/h7-10,13-16,19H,5-6,11-12,17-18,33H2,1-4H3,(H,34,36)(H,35,37)/t19-/m0/s1. The maximum atomic E-state index is 11.7. The van der Waals surface area contributed by atoms with Crippen LogP contribution in [0.1, 0.15) is 50.8 Å². The molecule has 9 heteroatoms. The number of amides is 1. The van der Waals surface area contributed by atoms with E-state index in [1.807, 2.05) is 6.20 Å². The molecule has 1 aliphatic rings. The van der Waals surface area contributed by atoms with Crippen LogP contribution in [0.25, 0.3) is 44.2 Å². The molecule has 5 aromatic rings. The summed E-state index contributed by atoms with van der Waals surface area (Å²) in [4.78, 5) is 30.4. The molecule has 0 saturated heterocycles. The minimum absolute atomic E-state index is 0.0806. The number of aromatic amines is 2. The number of H-pyrrole nitrogens is 2. The molecule has 1 amide bonds. The van der Waals surface area contributed by atoms with Crippen LogP contribution in [0.4, 0.5) is 0 Å². The maximum Gasteiger partial charge on any atom is 0.236 e. The van der Waals surface area contributed by atoms with E-state index in [0.717, 1.165) is 74.6 Å². The van der Waals surface area contributed by atoms with Gasteiger partial charge in [-0.15, -0.1) is 0 Å². The number of carbonyl (C=O) groups is 1. The molecular weight excluding hydrogens is 514 g/mol. The summed E-state index contributed by atoms with van der Waals surface area (Å²) in [6, 6.07) is 15.6. The number of carbonyl (C=O) groups excluding carboxylic acids is 1. The molecule has 9 nitrogen and oxygen atoms in total. The number of ether oxygens (including phenoxy) is 1. The number of rotatable bonds is 9. The molecule has 0 spiro atoms. The summed E-state index contributed by atoms with van der Waals surface area (Å²) in [5, 5.41) is 3.48. The van der Waals surface area contributed by atoms with Crippen molar-refractivity contribution in [3.8, 4) is 28.1 Å². The van der Waals surface area contributed by atoms with Crippen molar-refractivity contribution in [3.63, 3.8) is 0 Å². The van der Waals surface area contributed by atoms with Crippen molar-refractivity contribution in [2.24, 2.45) is 5.84 Å². The smallest absolute Gasteiger partial charge is 0.236 e. The lowest BCUT2D eigenvalue weighted by molar-refractivity contribution is -0.131. The molecule has 0 saturated carbocycles. The van der Waals surface area contributed by atoms with E-state index in [0.29, 0.717) is 32.0 Å². The lowest BCUT2D eigenvalue weighted by Gasteiger charge is -2.22. The van der Waals surface area contributed by atoms with Crippen LogP contribution in [0.2, 0.25) is 0 Å². The lowest BCUT2D eigenvalue weighted by Crippen LogP contribution is -2.38. The molecule has 212 valence electrons. The molecule has 4 N–H and O–H groups in total. The highest BCUT2D eigenvalue weighted by Crippen LogP contribution is 2.42. The molecule has 1 aliphatic heterocycles. The second kappa shape index (κ2) is 11.0. The second-order valence-corrected chi connectivity index (χ2v) is 11.0. The number of fused-ring (bicyclic) bond motifs is 6. The van der Waals surface area contributed by atoms with Crippen LogP contribution in [0.5, 0.6) is 5.75 Å². The fraction of sp³-hybridized carbons (Fsp3) is 0.344. The van der Waals surface area contributed by atoms with Gasteiger partial charge in [-0.1, -0.05) is 32.0 Å². The highest BCUT2D eigenvalue weighted by atomic mass is 16.5. The molecule has 3 aromatic carbocycles. The fourth-order valence-corrected chi connectivity index (χ4v) is 5.47. The number of benzene rings is 3. The van der Waals surface area contributed by atoms with E-state index in [1.165, 1.54) is 10.6 Å². The Morgan fingerprint density at radius 2 is 1.95 bits per heavy atom. The zero-order chi connectivity index (χ0) is 28.7. The number of imidazole rings is 2. The highest BCUT2D eigenvalue weighted by molar-refractivity contribution is 6.07. The summed E-state index contributed by atoms with van der Waals surface area (Å²) in [6.07, 6.45) is 3.89. The summed E-state index contributed by atoms with van der Waals surface area (Å²) in [6.45, 7) is 7.94. The first-order valence-electron chi connectivity index (χ1n) is 14.4. The molecule has 3 heterocycles. The molecule has 0 radical (unpaired) electrons. The van der Waals surface area contributed by atoms with E-state index in [-0.39, 0.29) is 5.91 Å². The average molecular weight is 552 g/mol. The molecule has 2 aromatic heterocycles. The number of hydrazine groups is 1. The maximum absolute atomic E-state index is 11.7. The number of nitrogens with two attached hydrogens (primary N) is 1. The van der Waals surface area contributed by atoms with E-state index in [9.17, 15) is 4.79 Å². The van der Waals surface area contributed by atoms with Gasteiger partial charge in [0.05, 0.1) is 29.5 Å². The zero-order valence-corrected chi connectivity index (χ0v) is 24.1. The van der Waals surface area contributed by atoms with Gasteiger partial charge in [0.1, 0.15) is 24.0 Å². The Morgan fingerprint density at radius 1 is 1.10 bits per heavy atom. The van der Waals surface area contributed by atoms with Crippen molar-refractivity contribution in [1.82, 2.24) is 29.8 Å². The normalized spacial score (nSPS) is 13.3. The van der Waals surface area contributed by atoms with E-state index in [2.05, 4.69) is 83.2 Å². The fourth-order valence-electron chi connectivity index (χ4n) is 5.47. The first kappa shape index (κ1) is 27.0. The van der Waals surface area contributed by atoms with Gasteiger partial charge in [0, 0.05) is 36.4 Å². The van der Waals surface area contributed by atoms with Gasteiger partial charge in [0.2, 0.25) is 5.91 Å². The molecule has 0 unspecified atom stereocenters. The molecule has 41 heavy (non-hydrogen) atoms. The van der Waals surface area contributed by atoms with Gasteiger partial charge in [-0.05, 0) is 66.7 Å². The van der Waals surface area contributed by atoms with Crippen LogP contribution in [0.3, 0.4) is 0 Å². The zero-order valence-electron chi connectivity index (χ0n) is 24.1. The van der Waals surface area contributed by atoms with Gasteiger partial charge in [0.15, 0.2) is 0 Å². The van der Waals surface area contributed by atoms with Crippen molar-refractivity contribution in [3.05, 3.63) is 65.9 Å². The second-order valence-electron chi connectivity index (χ2n) is 11.0. The van der Waals surface area contributed by atoms with Crippen molar-refractivity contribution in [2.75, 3.05) is 13.6 Å². The van der Waals surface area contributed by atoms with Gasteiger partial charge < -0.3 is 14.7 Å². The largest absolute Gasteiger partial charge is 0.488 e. The number of hydrogen-bond acceptors (Lipinski definition) is 6. The minimum Gasteiger partial charge on any atom is -0.488 e. The van der Waals surface area contributed by atoms with Crippen LogP contribution in [0.15, 0.2) is 48.7 Å². The van der Waals surface area contributed by atoms with E-state index < -0.39 is 0 Å². The Labute approximate surface area is 239 Å². The third-order valence-electron chi connectivity index (χ3n) is 8.29. The third kappa shape index (κ3) is 5.18. The van der Waals surface area contributed by atoms with E-state index >= 15 is 0 Å². The van der Waals surface area contributed by atoms with Crippen LogP contribution >= 0.6 is 0 Å². The predicted molar refractivity (Wildman–Crippen MR) is 162 cm³/mol. The Kier molecular flexibility index (Phi) is 7.23. The van der Waals surface area contributed by atoms with Gasteiger partial charge in [-0.2, -0.15) is 0 Å². The number of nitrogens with zero attached hydrogens (tertiary/aromatic N) is 4. The van der Waals surface area contributed by atoms with E-state index in [4.69, 9.17) is 15.6 Å². The van der Waals surface area contributed by atoms with Crippen molar-refractivity contribution < 1.29 is 9.53 Å². The van der Waals surface area contributed by atoms with Gasteiger partial charge in [-0.25, -0.2) is 15.8 Å². The Balaban J connectivity index is 1.26. The third-order valence-corrected chi connectivity index (χ3v) is 8.29. The molecular formula is C32H37N7O2. The topological polar surface area (TPSA) is 116 Å². The first-order chi connectivity index (χ1) is 19.8. The summed E-state index contributed by atoms with van der Waals surface area (Å²) in [7, 11) is 2.14. The van der Waals surface area contributed by atoms with Crippen LogP contribution in [0, 0.1) is 0 Å². The SMILES string of the molecule is CCC(=O)N(N)CCc1ncc(-c2ccc3c(c2)COc2cc4c(ccc5[nH]c(CN(C)[C@@H](C)CC)nc54)cc2-3)[nH]1. The number of hydrogen-bond donors (Lipinski definition) is 3. The quantitative estimate of drug-likeness (QED) is 0.126. The Hall–Kier alpha value is -4.21. The summed E-state index contributed by atoms with van der Waals surface area (Å²) in [5.41, 5.74) is 7.38. The van der Waals surface area contributed by atoms with Gasteiger partial charge in [0.25, 0.3) is 0 Å². The van der Waals surface area contributed by atoms with Crippen LogP contribution < -0.4 is 10.6 Å². The highest BCUT2D eigenvalue weighted by Gasteiger charge is 2.21. The Morgan fingerprint density at radius 3 is 2.76 bits per heavy atom. The number of nitrogens with one attached hydrogen (secondary N) is 2. The average Bonchev–Trinajstić information content (AvgIpc) is 3.64. The number of aromatic nitrogens is 4. The summed E-state index contributed by atoms with van der Waals surface area (Å²) >= 11 is 0. The van der Waals surface area contributed by atoms with Gasteiger partial charge >= 0.3 is 0 Å². The predicted octanol–water partition coefficient (Wildman–Crippen LogP) is 5.55. The van der Waals surface area contributed by atoms with Crippen molar-refractivity contribution >= 4 is 27.7 Å². The van der Waals surface area contributed by atoms with Crippen molar-refractivity contribution in [2.45, 2.75) is 59.2 Å². The van der Waals surface area contributed by atoms with Crippen LogP contribution in [-0.4, -0.2) is 55.4 Å².